The molecule has 4 rings (SSSR count). The molecule has 0 saturated heterocycles. The highest BCUT2D eigenvalue weighted by Crippen LogP contribution is 2.23. The van der Waals surface area contributed by atoms with E-state index in [0.717, 1.165) is 23.0 Å². The Hall–Kier alpha value is -3.25. The van der Waals surface area contributed by atoms with Gasteiger partial charge in [0, 0.05) is 16.6 Å². The maximum Gasteiger partial charge on any atom is 0.338 e. The Morgan fingerprint density at radius 1 is 1.14 bits per heavy atom. The van der Waals surface area contributed by atoms with E-state index in [1.807, 2.05) is 24.3 Å². The third kappa shape index (κ3) is 3.73. The Morgan fingerprint density at radius 3 is 2.75 bits per heavy atom. The van der Waals surface area contributed by atoms with E-state index in [4.69, 9.17) is 16.3 Å². The second-order valence-corrected chi connectivity index (χ2v) is 6.71. The van der Waals surface area contributed by atoms with Crippen LogP contribution in [0.5, 0.6) is 0 Å². The van der Waals surface area contributed by atoms with Crippen LogP contribution in [-0.2, 0) is 17.8 Å². The van der Waals surface area contributed by atoms with Gasteiger partial charge in [-0.2, -0.15) is 0 Å². The zero-order valence-corrected chi connectivity index (χ0v) is 15.9. The molecule has 6 nitrogen and oxygen atoms in total. The largest absolute Gasteiger partial charge is 0.455 e. The zero-order chi connectivity index (χ0) is 19.5. The number of rotatable bonds is 5. The Bertz CT molecular complexity index is 1140. The third-order valence-corrected chi connectivity index (χ3v) is 4.65. The minimum atomic E-state index is -0.388. The molecule has 0 spiro atoms. The fourth-order valence-electron chi connectivity index (χ4n) is 2.89. The number of nitrogens with zero attached hydrogens (tertiary/aromatic N) is 4. The van der Waals surface area contributed by atoms with Crippen LogP contribution in [0.2, 0.25) is 5.02 Å². The fraction of sp³-hybridized carbons (Fsp3) is 0.143. The topological polar surface area (TPSA) is 69.9 Å². The first-order valence-corrected chi connectivity index (χ1v) is 9.24. The minimum absolute atomic E-state index is 0.0448. The lowest BCUT2D eigenvalue weighted by atomic mass is 10.1. The number of carbonyl (C=O) groups is 1. The standard InChI is InChI=1S/C21H17ClN4O2/c1-2-14-3-5-15(6-4-14)21(27)28-13-17-12-26(25-24-17)20-9-10-23-19-11-16(22)7-8-18(19)20/h3-12H,2,13H2,1H3. The summed E-state index contributed by atoms with van der Waals surface area (Å²) < 4.78 is 6.99. The lowest BCUT2D eigenvalue weighted by Crippen LogP contribution is -2.05. The molecular formula is C21H17ClN4O2. The van der Waals surface area contributed by atoms with Crippen LogP contribution in [0.3, 0.4) is 0 Å². The van der Waals surface area contributed by atoms with Crippen molar-refractivity contribution >= 4 is 28.5 Å². The summed E-state index contributed by atoms with van der Waals surface area (Å²) in [5.41, 5.74) is 3.83. The quantitative estimate of drug-likeness (QED) is 0.471. The van der Waals surface area contributed by atoms with E-state index in [1.165, 1.54) is 5.56 Å². The second kappa shape index (κ2) is 7.78. The van der Waals surface area contributed by atoms with Gasteiger partial charge in [0.1, 0.15) is 12.3 Å². The summed E-state index contributed by atoms with van der Waals surface area (Å²) in [6, 6.07) is 14.7. The van der Waals surface area contributed by atoms with Gasteiger partial charge in [-0.05, 0) is 48.4 Å². The maximum absolute atomic E-state index is 12.2. The van der Waals surface area contributed by atoms with E-state index in [1.54, 1.807) is 41.3 Å². The van der Waals surface area contributed by atoms with Gasteiger partial charge in [-0.25, -0.2) is 9.48 Å². The molecule has 2 aromatic carbocycles. The van der Waals surface area contributed by atoms with Gasteiger partial charge in [-0.3, -0.25) is 4.98 Å². The Balaban J connectivity index is 1.50. The van der Waals surface area contributed by atoms with Crippen LogP contribution in [0.1, 0.15) is 28.5 Å². The summed E-state index contributed by atoms with van der Waals surface area (Å²) in [6.07, 6.45) is 4.35. The summed E-state index contributed by atoms with van der Waals surface area (Å²) in [6.45, 7) is 2.11. The smallest absolute Gasteiger partial charge is 0.338 e. The van der Waals surface area contributed by atoms with Crippen LogP contribution < -0.4 is 0 Å². The van der Waals surface area contributed by atoms with Crippen LogP contribution in [0.15, 0.2) is 60.9 Å². The maximum atomic E-state index is 12.2. The SMILES string of the molecule is CCc1ccc(C(=O)OCc2cn(-c3ccnc4cc(Cl)ccc34)nn2)cc1. The van der Waals surface area contributed by atoms with Gasteiger partial charge < -0.3 is 4.74 Å². The van der Waals surface area contributed by atoms with Crippen LogP contribution in [-0.4, -0.2) is 25.9 Å². The number of aromatic nitrogens is 4. The summed E-state index contributed by atoms with van der Waals surface area (Å²) >= 11 is 6.04. The number of hydrogen-bond acceptors (Lipinski definition) is 5. The highest BCUT2D eigenvalue weighted by molar-refractivity contribution is 6.31. The first-order chi connectivity index (χ1) is 13.6. The Labute approximate surface area is 166 Å². The van der Waals surface area contributed by atoms with Crippen molar-refractivity contribution in [3.8, 4) is 5.69 Å². The molecule has 0 N–H and O–H groups in total. The number of hydrogen-bond donors (Lipinski definition) is 0. The van der Waals surface area contributed by atoms with Gasteiger partial charge in [0.05, 0.1) is 23.0 Å². The molecule has 140 valence electrons. The highest BCUT2D eigenvalue weighted by atomic mass is 35.5. The van der Waals surface area contributed by atoms with Crippen molar-refractivity contribution < 1.29 is 9.53 Å². The molecule has 0 atom stereocenters. The molecule has 28 heavy (non-hydrogen) atoms. The molecule has 2 aromatic heterocycles. The van der Waals surface area contributed by atoms with Gasteiger partial charge in [-0.1, -0.05) is 35.9 Å². The molecule has 0 unspecified atom stereocenters. The van der Waals surface area contributed by atoms with E-state index in [2.05, 4.69) is 22.2 Å². The van der Waals surface area contributed by atoms with E-state index in [-0.39, 0.29) is 12.6 Å². The summed E-state index contributed by atoms with van der Waals surface area (Å²) in [4.78, 5) is 16.5. The lowest BCUT2D eigenvalue weighted by molar-refractivity contribution is 0.0467. The number of fused-ring (bicyclic) bond motifs is 1. The highest BCUT2D eigenvalue weighted by Gasteiger charge is 2.11. The fourth-order valence-corrected chi connectivity index (χ4v) is 3.05. The average Bonchev–Trinajstić information content (AvgIpc) is 3.20. The minimum Gasteiger partial charge on any atom is -0.455 e. The number of pyridine rings is 1. The molecule has 0 radical (unpaired) electrons. The molecule has 0 saturated carbocycles. The van der Waals surface area contributed by atoms with E-state index in [9.17, 15) is 4.79 Å². The number of aryl methyl sites for hydroxylation is 1. The first-order valence-electron chi connectivity index (χ1n) is 8.86. The molecule has 0 aliphatic carbocycles. The van der Waals surface area contributed by atoms with Crippen LogP contribution in [0, 0.1) is 0 Å². The van der Waals surface area contributed by atoms with Crippen LogP contribution in [0.25, 0.3) is 16.6 Å². The van der Waals surface area contributed by atoms with Gasteiger partial charge in [0.15, 0.2) is 0 Å². The Kier molecular flexibility index (Phi) is 5.04. The van der Waals surface area contributed by atoms with Crippen molar-refractivity contribution in [2.75, 3.05) is 0 Å². The zero-order valence-electron chi connectivity index (χ0n) is 15.2. The first kappa shape index (κ1) is 18.1. The van der Waals surface area contributed by atoms with Crippen molar-refractivity contribution in [3.05, 3.63) is 82.8 Å². The number of benzene rings is 2. The van der Waals surface area contributed by atoms with Crippen molar-refractivity contribution in [2.24, 2.45) is 0 Å². The summed E-state index contributed by atoms with van der Waals surface area (Å²) in [5.74, 6) is -0.388. The van der Waals surface area contributed by atoms with Gasteiger partial charge in [-0.15, -0.1) is 5.10 Å². The molecule has 4 aromatic rings. The molecular weight excluding hydrogens is 376 g/mol. The van der Waals surface area contributed by atoms with Crippen molar-refractivity contribution in [2.45, 2.75) is 20.0 Å². The van der Waals surface area contributed by atoms with Crippen molar-refractivity contribution in [1.82, 2.24) is 20.0 Å². The van der Waals surface area contributed by atoms with E-state index < -0.39 is 0 Å². The molecule has 0 bridgehead atoms. The number of ether oxygens (including phenoxy) is 1. The monoisotopic (exact) mass is 392 g/mol. The van der Waals surface area contributed by atoms with Crippen LogP contribution in [0.4, 0.5) is 0 Å². The van der Waals surface area contributed by atoms with Crippen LogP contribution >= 0.6 is 11.6 Å². The van der Waals surface area contributed by atoms with E-state index >= 15 is 0 Å². The second-order valence-electron chi connectivity index (χ2n) is 6.27. The third-order valence-electron chi connectivity index (χ3n) is 4.42. The lowest BCUT2D eigenvalue weighted by Gasteiger charge is -2.05. The molecule has 2 heterocycles. The summed E-state index contributed by atoms with van der Waals surface area (Å²) in [7, 11) is 0. The normalized spacial score (nSPS) is 10.9. The van der Waals surface area contributed by atoms with Gasteiger partial charge in [0.2, 0.25) is 0 Å². The molecule has 0 aliphatic heterocycles. The number of carbonyl (C=O) groups excluding carboxylic acids is 1. The Morgan fingerprint density at radius 2 is 1.96 bits per heavy atom. The molecule has 0 amide bonds. The van der Waals surface area contributed by atoms with Crippen molar-refractivity contribution in [1.29, 1.82) is 0 Å². The number of esters is 1. The van der Waals surface area contributed by atoms with Crippen molar-refractivity contribution in [3.63, 3.8) is 0 Å². The average molecular weight is 393 g/mol. The van der Waals surface area contributed by atoms with Gasteiger partial charge >= 0.3 is 5.97 Å². The van der Waals surface area contributed by atoms with E-state index in [0.29, 0.717) is 16.3 Å². The molecule has 0 fully saturated rings. The molecule has 0 aliphatic rings. The predicted molar refractivity (Wildman–Crippen MR) is 107 cm³/mol. The molecule has 7 heteroatoms. The van der Waals surface area contributed by atoms with Gasteiger partial charge in [0.25, 0.3) is 0 Å². The summed E-state index contributed by atoms with van der Waals surface area (Å²) in [5, 5.41) is 9.77. The predicted octanol–water partition coefficient (Wildman–Crippen LogP) is 4.39. The number of halogens is 1.